The number of nitro groups is 1. The number of benzene rings is 2. The van der Waals surface area contributed by atoms with Crippen LogP contribution in [0, 0.1) is 10.1 Å². The number of fused-ring (bicyclic) bond motifs is 1. The third-order valence-corrected chi connectivity index (χ3v) is 4.82. The first-order valence-electron chi connectivity index (χ1n) is 7.33. The zero-order chi connectivity index (χ0) is 18.7. The van der Waals surface area contributed by atoms with Gasteiger partial charge in [-0.05, 0) is 24.3 Å². The van der Waals surface area contributed by atoms with Gasteiger partial charge in [-0.3, -0.25) is 14.9 Å². The topological polar surface area (TPSA) is 98.5 Å². The zero-order valence-electron chi connectivity index (χ0n) is 13.1. The van der Waals surface area contributed by atoms with Crippen molar-refractivity contribution in [1.29, 1.82) is 0 Å². The summed E-state index contributed by atoms with van der Waals surface area (Å²) in [6, 6.07) is 12.5. The molecule has 0 spiro atoms. The number of thiophene rings is 1. The van der Waals surface area contributed by atoms with Gasteiger partial charge in [-0.25, -0.2) is 4.79 Å². The van der Waals surface area contributed by atoms with Crippen molar-refractivity contribution in [2.24, 2.45) is 0 Å². The molecule has 1 amide bonds. The lowest BCUT2D eigenvalue weighted by atomic mass is 10.2. The maximum absolute atomic E-state index is 12.1. The van der Waals surface area contributed by atoms with Crippen LogP contribution in [0.5, 0.6) is 0 Å². The highest BCUT2D eigenvalue weighted by molar-refractivity contribution is 7.20. The Morgan fingerprint density at radius 1 is 1.19 bits per heavy atom. The van der Waals surface area contributed by atoms with E-state index in [0.717, 1.165) is 11.3 Å². The van der Waals surface area contributed by atoms with Gasteiger partial charge < -0.3 is 10.1 Å². The number of ether oxygens (including phenoxy) is 1. The number of carbonyl (C=O) groups excluding carboxylic acids is 2. The molecule has 7 nitrogen and oxygen atoms in total. The van der Waals surface area contributed by atoms with Gasteiger partial charge in [-0.1, -0.05) is 23.7 Å². The molecule has 0 bridgehead atoms. The van der Waals surface area contributed by atoms with Gasteiger partial charge in [0.2, 0.25) is 0 Å². The highest BCUT2D eigenvalue weighted by Gasteiger charge is 2.16. The van der Waals surface area contributed by atoms with Crippen LogP contribution in [0.1, 0.15) is 9.67 Å². The quantitative estimate of drug-likeness (QED) is 0.398. The third-order valence-electron chi connectivity index (χ3n) is 3.39. The summed E-state index contributed by atoms with van der Waals surface area (Å²) in [6.07, 6.45) is 0. The van der Waals surface area contributed by atoms with E-state index in [1.54, 1.807) is 30.3 Å². The SMILES string of the molecule is O=C(COC(=O)c1cc2cc([N+](=O)[O-])ccc2s1)Nc1ccccc1Cl. The van der Waals surface area contributed by atoms with E-state index < -0.39 is 23.4 Å². The van der Waals surface area contributed by atoms with Gasteiger partial charge >= 0.3 is 5.97 Å². The van der Waals surface area contributed by atoms with E-state index in [-0.39, 0.29) is 10.6 Å². The van der Waals surface area contributed by atoms with Crippen molar-refractivity contribution < 1.29 is 19.2 Å². The molecule has 1 aromatic heterocycles. The molecule has 0 aliphatic heterocycles. The average Bonchev–Trinajstić information content (AvgIpc) is 3.05. The van der Waals surface area contributed by atoms with E-state index in [1.165, 1.54) is 18.2 Å². The summed E-state index contributed by atoms with van der Waals surface area (Å²) in [5.74, 6) is -1.20. The van der Waals surface area contributed by atoms with Gasteiger partial charge in [-0.2, -0.15) is 0 Å². The Kier molecular flexibility index (Phi) is 5.15. The van der Waals surface area contributed by atoms with Crippen molar-refractivity contribution in [1.82, 2.24) is 0 Å². The molecule has 1 N–H and O–H groups in total. The Morgan fingerprint density at radius 2 is 1.96 bits per heavy atom. The number of esters is 1. The molecule has 9 heteroatoms. The molecular formula is C17H11ClN2O5S. The molecule has 0 saturated heterocycles. The molecule has 3 aromatic rings. The molecule has 2 aromatic carbocycles. The predicted molar refractivity (Wildman–Crippen MR) is 98.8 cm³/mol. The van der Waals surface area contributed by atoms with Crippen LogP contribution in [0.4, 0.5) is 11.4 Å². The first kappa shape index (κ1) is 17.8. The maximum atomic E-state index is 12.1. The lowest BCUT2D eigenvalue weighted by molar-refractivity contribution is -0.384. The molecule has 0 radical (unpaired) electrons. The Bertz CT molecular complexity index is 1020. The molecule has 1 heterocycles. The van der Waals surface area contributed by atoms with E-state index in [9.17, 15) is 19.7 Å². The minimum Gasteiger partial charge on any atom is -0.451 e. The fourth-order valence-electron chi connectivity index (χ4n) is 2.20. The summed E-state index contributed by atoms with van der Waals surface area (Å²) >= 11 is 7.07. The number of carbonyl (C=O) groups is 2. The van der Waals surface area contributed by atoms with Gasteiger partial charge in [0.1, 0.15) is 4.88 Å². The summed E-state index contributed by atoms with van der Waals surface area (Å²) in [4.78, 5) is 34.5. The van der Waals surface area contributed by atoms with Crippen molar-refractivity contribution in [2.75, 3.05) is 11.9 Å². The van der Waals surface area contributed by atoms with E-state index >= 15 is 0 Å². The van der Waals surface area contributed by atoms with Crippen LogP contribution in [-0.2, 0) is 9.53 Å². The predicted octanol–water partition coefficient (Wildman–Crippen LogP) is 4.26. The Morgan fingerprint density at radius 3 is 2.69 bits per heavy atom. The number of nitrogens with one attached hydrogen (secondary N) is 1. The highest BCUT2D eigenvalue weighted by Crippen LogP contribution is 2.29. The summed E-state index contributed by atoms with van der Waals surface area (Å²) in [7, 11) is 0. The fourth-order valence-corrected chi connectivity index (χ4v) is 3.32. The third kappa shape index (κ3) is 3.98. The minimum absolute atomic E-state index is 0.0608. The lowest BCUT2D eigenvalue weighted by Gasteiger charge is -2.07. The summed E-state index contributed by atoms with van der Waals surface area (Å²) in [5, 5.41) is 14.3. The molecule has 132 valence electrons. The van der Waals surface area contributed by atoms with Gasteiger partial charge in [0.15, 0.2) is 6.61 Å². The van der Waals surface area contributed by atoms with Gasteiger partial charge in [-0.15, -0.1) is 11.3 Å². The number of hydrogen-bond donors (Lipinski definition) is 1. The van der Waals surface area contributed by atoms with Crippen LogP contribution in [0.3, 0.4) is 0 Å². The number of para-hydroxylation sites is 1. The van der Waals surface area contributed by atoms with Gasteiger partial charge in [0.05, 0.1) is 15.6 Å². The summed E-state index contributed by atoms with van der Waals surface area (Å²) in [6.45, 7) is -0.474. The standard InChI is InChI=1S/C17H11ClN2O5S/c18-12-3-1-2-4-13(12)19-16(21)9-25-17(22)15-8-10-7-11(20(23)24)5-6-14(10)26-15/h1-8H,9H2,(H,19,21). The first-order valence-corrected chi connectivity index (χ1v) is 8.53. The normalized spacial score (nSPS) is 10.5. The maximum Gasteiger partial charge on any atom is 0.348 e. The molecular weight excluding hydrogens is 380 g/mol. The number of amides is 1. The molecule has 0 saturated carbocycles. The van der Waals surface area contributed by atoms with Crippen molar-refractivity contribution in [3.05, 3.63) is 68.5 Å². The number of halogens is 1. The van der Waals surface area contributed by atoms with Crippen molar-refractivity contribution in [2.45, 2.75) is 0 Å². The van der Waals surface area contributed by atoms with Gasteiger partial charge in [0.25, 0.3) is 11.6 Å². The van der Waals surface area contributed by atoms with Crippen LogP contribution in [-0.4, -0.2) is 23.4 Å². The van der Waals surface area contributed by atoms with E-state index in [1.807, 2.05) is 0 Å². The average molecular weight is 391 g/mol. The van der Waals surface area contributed by atoms with E-state index in [0.29, 0.717) is 20.8 Å². The Balaban J connectivity index is 1.64. The van der Waals surface area contributed by atoms with Crippen LogP contribution >= 0.6 is 22.9 Å². The van der Waals surface area contributed by atoms with E-state index in [4.69, 9.17) is 16.3 Å². The largest absolute Gasteiger partial charge is 0.451 e. The number of anilines is 1. The Labute approximate surface area is 156 Å². The number of rotatable bonds is 5. The molecule has 0 unspecified atom stereocenters. The molecule has 0 atom stereocenters. The van der Waals surface area contributed by atoms with Crippen LogP contribution in [0.15, 0.2) is 48.5 Å². The molecule has 0 fully saturated rings. The molecule has 0 aliphatic carbocycles. The fraction of sp³-hybridized carbons (Fsp3) is 0.0588. The zero-order valence-corrected chi connectivity index (χ0v) is 14.7. The summed E-state index contributed by atoms with van der Waals surface area (Å²) < 4.78 is 5.70. The second kappa shape index (κ2) is 7.51. The Hall–Kier alpha value is -2.97. The monoisotopic (exact) mass is 390 g/mol. The lowest BCUT2D eigenvalue weighted by Crippen LogP contribution is -2.20. The molecule has 3 rings (SSSR count). The van der Waals surface area contributed by atoms with Crippen LogP contribution < -0.4 is 5.32 Å². The molecule has 26 heavy (non-hydrogen) atoms. The number of non-ortho nitro benzene ring substituents is 1. The molecule has 0 aliphatic rings. The van der Waals surface area contributed by atoms with Crippen molar-refractivity contribution in [3.8, 4) is 0 Å². The van der Waals surface area contributed by atoms with Gasteiger partial charge in [0, 0.05) is 22.2 Å². The number of nitrogens with zero attached hydrogens (tertiary/aromatic N) is 1. The number of nitro benzene ring substituents is 1. The van der Waals surface area contributed by atoms with Crippen LogP contribution in [0.25, 0.3) is 10.1 Å². The second-order valence-electron chi connectivity index (χ2n) is 5.19. The number of hydrogen-bond acceptors (Lipinski definition) is 6. The second-order valence-corrected chi connectivity index (χ2v) is 6.69. The van der Waals surface area contributed by atoms with Crippen molar-refractivity contribution in [3.63, 3.8) is 0 Å². The van der Waals surface area contributed by atoms with E-state index in [2.05, 4.69) is 5.32 Å². The first-order chi connectivity index (χ1) is 12.4. The minimum atomic E-state index is -0.678. The van der Waals surface area contributed by atoms with Crippen molar-refractivity contribution >= 4 is 56.3 Å². The van der Waals surface area contributed by atoms with Crippen LogP contribution in [0.2, 0.25) is 5.02 Å². The summed E-state index contributed by atoms with van der Waals surface area (Å²) in [5.41, 5.74) is 0.360. The highest BCUT2D eigenvalue weighted by atomic mass is 35.5. The smallest absolute Gasteiger partial charge is 0.348 e.